The Morgan fingerprint density at radius 1 is 1.04 bits per heavy atom. The van der Waals surface area contributed by atoms with Crippen molar-refractivity contribution < 1.29 is 19.5 Å². The molecule has 2 aromatic rings. The minimum atomic E-state index is -0.965. The van der Waals surface area contributed by atoms with Crippen LogP contribution in [0, 0.1) is 0 Å². The largest absolute Gasteiger partial charge is 0.481 e. The van der Waals surface area contributed by atoms with Gasteiger partial charge in [0.2, 0.25) is 5.91 Å². The number of hydrogen-bond donors (Lipinski definition) is 3. The Morgan fingerprint density at radius 2 is 1.70 bits per heavy atom. The lowest BCUT2D eigenvalue weighted by Gasteiger charge is -2.12. The van der Waals surface area contributed by atoms with E-state index in [1.54, 1.807) is 36.0 Å². The maximum atomic E-state index is 12.3. The van der Waals surface area contributed by atoms with Crippen molar-refractivity contribution in [3.63, 3.8) is 0 Å². The molecule has 0 aromatic heterocycles. The van der Waals surface area contributed by atoms with Gasteiger partial charge in [-0.2, -0.15) is 0 Å². The van der Waals surface area contributed by atoms with E-state index in [0.717, 1.165) is 5.75 Å². The van der Waals surface area contributed by atoms with Crippen LogP contribution < -0.4 is 10.6 Å². The summed E-state index contributed by atoms with van der Waals surface area (Å²) in [7, 11) is 0. The van der Waals surface area contributed by atoms with E-state index in [0.29, 0.717) is 11.3 Å². The van der Waals surface area contributed by atoms with Gasteiger partial charge in [-0.15, -0.1) is 11.8 Å². The molecule has 0 saturated heterocycles. The van der Waals surface area contributed by atoms with Gasteiger partial charge in [0.15, 0.2) is 0 Å². The lowest BCUT2D eigenvalue weighted by molar-refractivity contribution is -0.136. The SMILES string of the molecule is CC(SCc1ccccc1)C(=O)Nc1ccc(C(=O)NCCC(=O)O)cc1. The lowest BCUT2D eigenvalue weighted by atomic mass is 10.2. The predicted molar refractivity (Wildman–Crippen MR) is 107 cm³/mol. The molecule has 2 rings (SSSR count). The zero-order chi connectivity index (χ0) is 19.6. The van der Waals surface area contributed by atoms with Gasteiger partial charge in [0.05, 0.1) is 11.7 Å². The summed E-state index contributed by atoms with van der Waals surface area (Å²) in [6, 6.07) is 16.4. The monoisotopic (exact) mass is 386 g/mol. The van der Waals surface area contributed by atoms with Crippen LogP contribution >= 0.6 is 11.8 Å². The van der Waals surface area contributed by atoms with Gasteiger partial charge in [-0.1, -0.05) is 30.3 Å². The van der Waals surface area contributed by atoms with Crippen molar-refractivity contribution in [3.05, 3.63) is 65.7 Å². The standard InChI is InChI=1S/C20H22N2O4S/c1-14(27-13-15-5-3-2-4-6-15)19(25)22-17-9-7-16(8-10-17)20(26)21-12-11-18(23)24/h2-10,14H,11-13H2,1H3,(H,21,26)(H,22,25)(H,23,24). The van der Waals surface area contributed by atoms with Gasteiger partial charge in [0.25, 0.3) is 5.91 Å². The molecule has 0 heterocycles. The lowest BCUT2D eigenvalue weighted by Crippen LogP contribution is -2.26. The van der Waals surface area contributed by atoms with Gasteiger partial charge in [0, 0.05) is 23.5 Å². The number of anilines is 1. The second-order valence-corrected chi connectivity index (χ2v) is 7.23. The van der Waals surface area contributed by atoms with Crippen molar-refractivity contribution in [2.75, 3.05) is 11.9 Å². The van der Waals surface area contributed by atoms with E-state index < -0.39 is 5.97 Å². The van der Waals surface area contributed by atoms with E-state index in [4.69, 9.17) is 5.11 Å². The first-order valence-electron chi connectivity index (χ1n) is 8.52. The molecule has 2 aromatic carbocycles. The molecular weight excluding hydrogens is 364 g/mol. The number of benzene rings is 2. The summed E-state index contributed by atoms with van der Waals surface area (Å²) in [5.74, 6) is -0.659. The fraction of sp³-hybridized carbons (Fsp3) is 0.250. The molecule has 0 radical (unpaired) electrons. The third-order valence-electron chi connectivity index (χ3n) is 3.75. The van der Waals surface area contributed by atoms with Gasteiger partial charge in [0.1, 0.15) is 0 Å². The highest BCUT2D eigenvalue weighted by Crippen LogP contribution is 2.19. The zero-order valence-corrected chi connectivity index (χ0v) is 15.8. The number of carbonyl (C=O) groups is 3. The van der Waals surface area contributed by atoms with E-state index in [-0.39, 0.29) is 30.0 Å². The molecule has 2 amide bonds. The van der Waals surface area contributed by atoms with Crippen LogP contribution in [0.25, 0.3) is 0 Å². The Bertz CT molecular complexity index is 778. The van der Waals surface area contributed by atoms with Crippen LogP contribution in [0.15, 0.2) is 54.6 Å². The molecule has 0 aliphatic carbocycles. The summed E-state index contributed by atoms with van der Waals surface area (Å²) >= 11 is 1.55. The Hall–Kier alpha value is -2.80. The molecule has 1 atom stereocenters. The molecule has 6 nitrogen and oxygen atoms in total. The molecule has 0 saturated carbocycles. The number of carboxylic acid groups (broad SMARTS) is 1. The second kappa shape index (κ2) is 10.4. The maximum Gasteiger partial charge on any atom is 0.305 e. The number of carbonyl (C=O) groups excluding carboxylic acids is 2. The van der Waals surface area contributed by atoms with Crippen molar-refractivity contribution in [3.8, 4) is 0 Å². The predicted octanol–water partition coefficient (Wildman–Crippen LogP) is 3.15. The molecule has 3 N–H and O–H groups in total. The fourth-order valence-corrected chi connectivity index (χ4v) is 3.05. The summed E-state index contributed by atoms with van der Waals surface area (Å²) in [5, 5.41) is 13.7. The molecule has 0 spiro atoms. The first-order chi connectivity index (χ1) is 13.0. The molecular formula is C20H22N2O4S. The minimum Gasteiger partial charge on any atom is -0.481 e. The number of carboxylic acids is 1. The van der Waals surface area contributed by atoms with Gasteiger partial charge in [-0.3, -0.25) is 14.4 Å². The van der Waals surface area contributed by atoms with Crippen LogP contribution in [-0.2, 0) is 15.3 Å². The smallest absolute Gasteiger partial charge is 0.305 e. The summed E-state index contributed by atoms with van der Waals surface area (Å²) in [6.45, 7) is 1.93. The number of rotatable bonds is 9. The Balaban J connectivity index is 1.81. The fourth-order valence-electron chi connectivity index (χ4n) is 2.21. The Labute approximate surface area is 162 Å². The first-order valence-corrected chi connectivity index (χ1v) is 9.57. The van der Waals surface area contributed by atoms with Crippen LogP contribution in [0.2, 0.25) is 0 Å². The van der Waals surface area contributed by atoms with Crippen molar-refractivity contribution in [1.29, 1.82) is 0 Å². The average Bonchev–Trinajstić information content (AvgIpc) is 2.67. The summed E-state index contributed by atoms with van der Waals surface area (Å²) < 4.78 is 0. The van der Waals surface area contributed by atoms with Gasteiger partial charge < -0.3 is 15.7 Å². The highest BCUT2D eigenvalue weighted by Gasteiger charge is 2.14. The number of thioether (sulfide) groups is 1. The molecule has 0 aliphatic heterocycles. The van der Waals surface area contributed by atoms with Crippen molar-refractivity contribution in [2.45, 2.75) is 24.3 Å². The Kier molecular flexibility index (Phi) is 7.88. The minimum absolute atomic E-state index is 0.0722. The van der Waals surface area contributed by atoms with E-state index in [1.165, 1.54) is 5.56 Å². The van der Waals surface area contributed by atoms with E-state index >= 15 is 0 Å². The van der Waals surface area contributed by atoms with Gasteiger partial charge in [-0.05, 0) is 36.8 Å². The molecule has 1 unspecified atom stereocenters. The average molecular weight is 386 g/mol. The number of hydrogen-bond acceptors (Lipinski definition) is 4. The second-order valence-electron chi connectivity index (χ2n) is 5.91. The zero-order valence-electron chi connectivity index (χ0n) is 15.0. The van der Waals surface area contributed by atoms with E-state index in [2.05, 4.69) is 10.6 Å². The molecule has 0 fully saturated rings. The molecule has 7 heteroatoms. The molecule has 0 bridgehead atoms. The third kappa shape index (κ3) is 7.15. The topological polar surface area (TPSA) is 95.5 Å². The van der Waals surface area contributed by atoms with Gasteiger partial charge in [-0.25, -0.2) is 0 Å². The van der Waals surface area contributed by atoms with Gasteiger partial charge >= 0.3 is 5.97 Å². The highest BCUT2D eigenvalue weighted by molar-refractivity contribution is 7.99. The number of amides is 2. The third-order valence-corrected chi connectivity index (χ3v) is 4.97. The van der Waals surface area contributed by atoms with Crippen LogP contribution in [0.4, 0.5) is 5.69 Å². The van der Waals surface area contributed by atoms with Crippen LogP contribution in [0.5, 0.6) is 0 Å². The van der Waals surface area contributed by atoms with Crippen LogP contribution in [-0.4, -0.2) is 34.7 Å². The summed E-state index contributed by atoms with van der Waals surface area (Å²) in [6.07, 6.45) is -0.127. The summed E-state index contributed by atoms with van der Waals surface area (Å²) in [4.78, 5) is 34.6. The first kappa shape index (κ1) is 20.5. The van der Waals surface area contributed by atoms with Crippen LogP contribution in [0.3, 0.4) is 0 Å². The van der Waals surface area contributed by atoms with E-state index in [1.807, 2.05) is 37.3 Å². The maximum absolute atomic E-state index is 12.3. The number of nitrogens with one attached hydrogen (secondary N) is 2. The van der Waals surface area contributed by atoms with Crippen LogP contribution in [0.1, 0.15) is 29.3 Å². The van der Waals surface area contributed by atoms with Crippen molar-refractivity contribution in [2.24, 2.45) is 0 Å². The van der Waals surface area contributed by atoms with Crippen molar-refractivity contribution >= 4 is 35.2 Å². The Morgan fingerprint density at radius 3 is 2.33 bits per heavy atom. The number of aliphatic carboxylic acids is 1. The molecule has 27 heavy (non-hydrogen) atoms. The quantitative estimate of drug-likeness (QED) is 0.615. The summed E-state index contributed by atoms with van der Waals surface area (Å²) in [5.41, 5.74) is 2.18. The molecule has 0 aliphatic rings. The highest BCUT2D eigenvalue weighted by atomic mass is 32.2. The normalized spacial score (nSPS) is 11.4. The van der Waals surface area contributed by atoms with Crippen molar-refractivity contribution in [1.82, 2.24) is 5.32 Å². The molecule has 142 valence electrons. The van der Waals surface area contributed by atoms with E-state index in [9.17, 15) is 14.4 Å².